The molecule has 1 atom stereocenters. The van der Waals surface area contributed by atoms with Gasteiger partial charge in [0.05, 0.1) is 5.69 Å². The van der Waals surface area contributed by atoms with E-state index in [2.05, 4.69) is 5.32 Å². The van der Waals surface area contributed by atoms with Crippen molar-refractivity contribution in [2.45, 2.75) is 26.0 Å². The van der Waals surface area contributed by atoms with Crippen LogP contribution in [0, 0.1) is 0 Å². The normalized spacial score (nSPS) is 16.2. The summed E-state index contributed by atoms with van der Waals surface area (Å²) in [6.07, 6.45) is -0.326. The Bertz CT molecular complexity index is 776. The first-order valence-corrected chi connectivity index (χ1v) is 8.50. The summed E-state index contributed by atoms with van der Waals surface area (Å²) in [5.74, 6) is 0.416. The Kier molecular flexibility index (Phi) is 5.24. The summed E-state index contributed by atoms with van der Waals surface area (Å²) in [6, 6.07) is 14.7. The predicted molar refractivity (Wildman–Crippen MR) is 96.8 cm³/mol. The van der Waals surface area contributed by atoms with Gasteiger partial charge in [0.15, 0.2) is 6.10 Å². The Morgan fingerprint density at radius 1 is 1.20 bits per heavy atom. The standard InChI is InChI=1S/C19H19ClN2O3/c1-13-19(24)22(16-4-2-3-5-17(16)25-13)11-10-18(23)21-12-14-6-8-15(20)9-7-14/h2-9,13H,10-12H2,1H3,(H,21,23)/t13-/m0/s1. The van der Waals surface area contributed by atoms with Gasteiger partial charge >= 0.3 is 0 Å². The second-order valence-electron chi connectivity index (χ2n) is 5.87. The van der Waals surface area contributed by atoms with Crippen molar-refractivity contribution in [2.24, 2.45) is 0 Å². The fourth-order valence-corrected chi connectivity index (χ4v) is 2.82. The summed E-state index contributed by atoms with van der Waals surface area (Å²) in [5, 5.41) is 3.52. The maximum absolute atomic E-state index is 12.4. The summed E-state index contributed by atoms with van der Waals surface area (Å²) < 4.78 is 5.59. The van der Waals surface area contributed by atoms with Crippen LogP contribution < -0.4 is 15.0 Å². The van der Waals surface area contributed by atoms with Gasteiger partial charge in [0.1, 0.15) is 5.75 Å². The number of fused-ring (bicyclic) bond motifs is 1. The number of para-hydroxylation sites is 2. The molecule has 0 aromatic heterocycles. The van der Waals surface area contributed by atoms with Gasteiger partial charge in [-0.25, -0.2) is 0 Å². The molecule has 3 rings (SSSR count). The summed E-state index contributed by atoms with van der Waals surface area (Å²) in [5.41, 5.74) is 1.68. The van der Waals surface area contributed by atoms with E-state index in [0.717, 1.165) is 5.56 Å². The number of hydrogen-bond donors (Lipinski definition) is 1. The number of nitrogens with one attached hydrogen (secondary N) is 1. The molecule has 1 aliphatic heterocycles. The average molecular weight is 359 g/mol. The van der Waals surface area contributed by atoms with Gasteiger partial charge in [-0.15, -0.1) is 0 Å². The number of nitrogens with zero attached hydrogens (tertiary/aromatic N) is 1. The highest BCUT2D eigenvalue weighted by atomic mass is 35.5. The first-order valence-electron chi connectivity index (χ1n) is 8.13. The third kappa shape index (κ3) is 4.12. The molecule has 0 unspecified atom stereocenters. The number of rotatable bonds is 5. The van der Waals surface area contributed by atoms with Crippen LogP contribution in [0.5, 0.6) is 5.75 Å². The number of amides is 2. The third-order valence-electron chi connectivity index (χ3n) is 4.04. The van der Waals surface area contributed by atoms with Crippen LogP contribution in [0.15, 0.2) is 48.5 Å². The van der Waals surface area contributed by atoms with Gasteiger partial charge in [-0.1, -0.05) is 35.9 Å². The molecule has 2 aromatic rings. The van der Waals surface area contributed by atoms with E-state index in [1.54, 1.807) is 24.0 Å². The fraction of sp³-hybridized carbons (Fsp3) is 0.263. The van der Waals surface area contributed by atoms with Gasteiger partial charge in [-0.2, -0.15) is 0 Å². The van der Waals surface area contributed by atoms with Gasteiger partial charge in [0.2, 0.25) is 5.91 Å². The number of hydrogen-bond acceptors (Lipinski definition) is 3. The zero-order valence-electron chi connectivity index (χ0n) is 13.9. The van der Waals surface area contributed by atoms with Crippen molar-refractivity contribution >= 4 is 29.1 Å². The highest BCUT2D eigenvalue weighted by molar-refractivity contribution is 6.30. The molecule has 0 spiro atoms. The van der Waals surface area contributed by atoms with E-state index < -0.39 is 6.10 Å². The third-order valence-corrected chi connectivity index (χ3v) is 4.29. The maximum atomic E-state index is 12.4. The van der Waals surface area contributed by atoms with Gasteiger partial charge in [0.25, 0.3) is 5.91 Å². The fourth-order valence-electron chi connectivity index (χ4n) is 2.69. The first kappa shape index (κ1) is 17.3. The smallest absolute Gasteiger partial charge is 0.267 e. The number of carbonyl (C=O) groups is 2. The van der Waals surface area contributed by atoms with Crippen molar-refractivity contribution in [2.75, 3.05) is 11.4 Å². The molecule has 5 nitrogen and oxygen atoms in total. The molecule has 2 amide bonds. The zero-order valence-corrected chi connectivity index (χ0v) is 14.6. The minimum Gasteiger partial charge on any atom is -0.479 e. The minimum atomic E-state index is -0.549. The molecule has 25 heavy (non-hydrogen) atoms. The molecule has 6 heteroatoms. The first-order chi connectivity index (χ1) is 12.0. The quantitative estimate of drug-likeness (QED) is 0.893. The van der Waals surface area contributed by atoms with Gasteiger partial charge in [-0.3, -0.25) is 9.59 Å². The van der Waals surface area contributed by atoms with Crippen molar-refractivity contribution in [3.8, 4) is 5.75 Å². The molecule has 1 heterocycles. The Morgan fingerprint density at radius 2 is 1.92 bits per heavy atom. The van der Waals surface area contributed by atoms with Crippen molar-refractivity contribution in [1.82, 2.24) is 5.32 Å². The van der Waals surface area contributed by atoms with Crippen LogP contribution >= 0.6 is 11.6 Å². The van der Waals surface area contributed by atoms with Crippen LogP contribution in [0.4, 0.5) is 5.69 Å². The molecule has 0 saturated carbocycles. The highest BCUT2D eigenvalue weighted by Gasteiger charge is 2.31. The van der Waals surface area contributed by atoms with E-state index in [1.165, 1.54) is 0 Å². The van der Waals surface area contributed by atoms with Crippen LogP contribution in [0.1, 0.15) is 18.9 Å². The van der Waals surface area contributed by atoms with Crippen molar-refractivity contribution in [3.63, 3.8) is 0 Å². The molecule has 0 bridgehead atoms. The minimum absolute atomic E-state index is 0.112. The van der Waals surface area contributed by atoms with E-state index >= 15 is 0 Å². The topological polar surface area (TPSA) is 58.6 Å². The van der Waals surface area contributed by atoms with E-state index in [0.29, 0.717) is 29.5 Å². The van der Waals surface area contributed by atoms with Crippen LogP contribution in [-0.2, 0) is 16.1 Å². The highest BCUT2D eigenvalue weighted by Crippen LogP contribution is 2.33. The van der Waals surface area contributed by atoms with Gasteiger partial charge in [-0.05, 0) is 36.8 Å². The molecule has 0 saturated heterocycles. The van der Waals surface area contributed by atoms with Crippen LogP contribution in [0.25, 0.3) is 0 Å². The number of halogens is 1. The molecule has 2 aromatic carbocycles. The lowest BCUT2D eigenvalue weighted by molar-refractivity contribution is -0.125. The lowest BCUT2D eigenvalue weighted by Crippen LogP contribution is -2.45. The summed E-state index contributed by atoms with van der Waals surface area (Å²) in [6.45, 7) is 2.46. The van der Waals surface area contributed by atoms with E-state index in [9.17, 15) is 9.59 Å². The maximum Gasteiger partial charge on any atom is 0.267 e. The SMILES string of the molecule is C[C@@H]1Oc2ccccc2N(CCC(=O)NCc2ccc(Cl)cc2)C1=O. The average Bonchev–Trinajstić information content (AvgIpc) is 2.61. The largest absolute Gasteiger partial charge is 0.479 e. The molecular weight excluding hydrogens is 340 g/mol. The Balaban J connectivity index is 1.58. The lowest BCUT2D eigenvalue weighted by atomic mass is 10.1. The van der Waals surface area contributed by atoms with Crippen LogP contribution in [0.2, 0.25) is 5.02 Å². The van der Waals surface area contributed by atoms with E-state index in [-0.39, 0.29) is 18.2 Å². The van der Waals surface area contributed by atoms with Crippen molar-refractivity contribution in [1.29, 1.82) is 0 Å². The second kappa shape index (κ2) is 7.57. The Morgan fingerprint density at radius 3 is 2.68 bits per heavy atom. The number of anilines is 1. The van der Waals surface area contributed by atoms with Crippen molar-refractivity contribution in [3.05, 3.63) is 59.1 Å². The molecule has 1 aliphatic rings. The molecular formula is C19H19ClN2O3. The number of carbonyl (C=O) groups excluding carboxylic acids is 2. The van der Waals surface area contributed by atoms with E-state index in [1.807, 2.05) is 36.4 Å². The Hall–Kier alpha value is -2.53. The van der Waals surface area contributed by atoms with Gasteiger partial charge < -0.3 is 15.0 Å². The molecule has 1 N–H and O–H groups in total. The van der Waals surface area contributed by atoms with Crippen LogP contribution in [0.3, 0.4) is 0 Å². The summed E-state index contributed by atoms with van der Waals surface area (Å²) in [4.78, 5) is 26.1. The molecule has 0 aliphatic carbocycles. The second-order valence-corrected chi connectivity index (χ2v) is 6.31. The van der Waals surface area contributed by atoms with Crippen molar-refractivity contribution < 1.29 is 14.3 Å². The molecule has 0 fully saturated rings. The summed E-state index contributed by atoms with van der Waals surface area (Å²) >= 11 is 5.84. The summed E-state index contributed by atoms with van der Waals surface area (Å²) in [7, 11) is 0. The molecule has 0 radical (unpaired) electrons. The van der Waals surface area contributed by atoms with Gasteiger partial charge in [0, 0.05) is 24.5 Å². The number of ether oxygens (including phenoxy) is 1. The molecule has 130 valence electrons. The number of benzene rings is 2. The zero-order chi connectivity index (χ0) is 17.8. The Labute approximate surface area is 151 Å². The van der Waals surface area contributed by atoms with E-state index in [4.69, 9.17) is 16.3 Å². The predicted octanol–water partition coefficient (Wildman–Crippen LogP) is 3.16. The van der Waals surface area contributed by atoms with Crippen LogP contribution in [-0.4, -0.2) is 24.5 Å². The monoisotopic (exact) mass is 358 g/mol. The lowest BCUT2D eigenvalue weighted by Gasteiger charge is -2.32.